The van der Waals surface area contributed by atoms with Crippen molar-refractivity contribution in [1.82, 2.24) is 9.62 Å². The van der Waals surface area contributed by atoms with E-state index in [1.807, 2.05) is 6.92 Å². The zero-order valence-corrected chi connectivity index (χ0v) is 17.2. The molecule has 0 saturated carbocycles. The fourth-order valence-corrected chi connectivity index (χ4v) is 4.24. The second-order valence-electron chi connectivity index (χ2n) is 6.93. The van der Waals surface area contributed by atoms with Gasteiger partial charge in [0.25, 0.3) is 5.91 Å². The van der Waals surface area contributed by atoms with Crippen LogP contribution in [0.2, 0.25) is 0 Å². The Morgan fingerprint density at radius 2 is 1.77 bits per heavy atom. The zero-order chi connectivity index (χ0) is 19.9. The fourth-order valence-electron chi connectivity index (χ4n) is 2.76. The molecule has 0 fully saturated rings. The number of nitrogens with one attached hydrogen (secondary N) is 1. The maximum absolute atomic E-state index is 14.1. The summed E-state index contributed by atoms with van der Waals surface area (Å²) in [5.74, 6) is -0.719. The molecule has 0 aliphatic rings. The van der Waals surface area contributed by atoms with Crippen molar-refractivity contribution in [3.05, 3.63) is 29.6 Å². The van der Waals surface area contributed by atoms with Gasteiger partial charge in [-0.05, 0) is 37.5 Å². The highest BCUT2D eigenvalue weighted by Crippen LogP contribution is 2.19. The Morgan fingerprint density at radius 1 is 1.15 bits per heavy atom. The van der Waals surface area contributed by atoms with Crippen LogP contribution in [0.1, 0.15) is 64.2 Å². The van der Waals surface area contributed by atoms with E-state index in [0.29, 0.717) is 19.0 Å². The first kappa shape index (κ1) is 22.6. The van der Waals surface area contributed by atoms with Crippen molar-refractivity contribution < 1.29 is 17.6 Å². The van der Waals surface area contributed by atoms with Crippen LogP contribution in [-0.4, -0.2) is 37.8 Å². The number of hydrogen-bond acceptors (Lipinski definition) is 3. The molecule has 0 aromatic heterocycles. The SMILES string of the molecule is CCN(CC)S(=O)(=O)c1ccc(F)c(C(=O)NC(C)CCCC(C)C)c1. The van der Waals surface area contributed by atoms with Gasteiger partial charge in [0.1, 0.15) is 5.82 Å². The Morgan fingerprint density at radius 3 is 2.31 bits per heavy atom. The van der Waals surface area contributed by atoms with E-state index >= 15 is 0 Å². The molecular weight excluding hydrogens is 355 g/mol. The van der Waals surface area contributed by atoms with Crippen molar-refractivity contribution in [3.63, 3.8) is 0 Å². The highest BCUT2D eigenvalue weighted by atomic mass is 32.2. The van der Waals surface area contributed by atoms with Crippen LogP contribution in [0, 0.1) is 11.7 Å². The van der Waals surface area contributed by atoms with Crippen molar-refractivity contribution in [2.75, 3.05) is 13.1 Å². The standard InChI is InChI=1S/C19H31FN2O3S/c1-6-22(7-2)26(24,25)16-11-12-18(20)17(13-16)19(23)21-15(5)10-8-9-14(3)4/h11-15H,6-10H2,1-5H3,(H,21,23). The number of carbonyl (C=O) groups is 1. The summed E-state index contributed by atoms with van der Waals surface area (Å²) in [5, 5.41) is 2.76. The number of carbonyl (C=O) groups excluding carboxylic acids is 1. The van der Waals surface area contributed by atoms with Crippen LogP contribution in [0.15, 0.2) is 23.1 Å². The number of halogens is 1. The quantitative estimate of drug-likeness (QED) is 0.665. The Kier molecular flexibility index (Phi) is 8.70. The van der Waals surface area contributed by atoms with E-state index in [9.17, 15) is 17.6 Å². The largest absolute Gasteiger partial charge is 0.349 e. The first-order chi connectivity index (χ1) is 12.1. The molecular formula is C19H31FN2O3S. The van der Waals surface area contributed by atoms with Crippen molar-refractivity contribution in [2.24, 2.45) is 5.92 Å². The lowest BCUT2D eigenvalue weighted by Gasteiger charge is -2.19. The van der Waals surface area contributed by atoms with Crippen molar-refractivity contribution in [2.45, 2.75) is 64.8 Å². The Bertz CT molecular complexity index is 701. The third kappa shape index (κ3) is 6.06. The molecule has 1 unspecified atom stereocenters. The number of rotatable bonds is 10. The Balaban J connectivity index is 2.94. The van der Waals surface area contributed by atoms with Gasteiger partial charge < -0.3 is 5.32 Å². The number of amides is 1. The lowest BCUT2D eigenvalue weighted by Crippen LogP contribution is -2.34. The monoisotopic (exact) mass is 386 g/mol. The van der Waals surface area contributed by atoms with E-state index in [2.05, 4.69) is 19.2 Å². The molecule has 0 radical (unpaired) electrons. The smallest absolute Gasteiger partial charge is 0.254 e. The second kappa shape index (κ2) is 10.0. The van der Waals surface area contributed by atoms with Crippen molar-refractivity contribution in [3.8, 4) is 0 Å². The minimum Gasteiger partial charge on any atom is -0.349 e. The molecule has 0 bridgehead atoms. The van der Waals surface area contributed by atoms with Gasteiger partial charge in [0, 0.05) is 19.1 Å². The first-order valence-corrected chi connectivity index (χ1v) is 10.7. The van der Waals surface area contributed by atoms with Gasteiger partial charge in [-0.15, -0.1) is 0 Å². The topological polar surface area (TPSA) is 66.5 Å². The van der Waals surface area contributed by atoms with E-state index in [4.69, 9.17) is 0 Å². The van der Waals surface area contributed by atoms with Gasteiger partial charge in [0.05, 0.1) is 10.5 Å². The predicted octanol–water partition coefficient (Wildman–Crippen LogP) is 3.80. The van der Waals surface area contributed by atoms with E-state index in [0.717, 1.165) is 31.4 Å². The lowest BCUT2D eigenvalue weighted by molar-refractivity contribution is 0.0933. The first-order valence-electron chi connectivity index (χ1n) is 9.24. The van der Waals surface area contributed by atoms with Crippen LogP contribution in [0.5, 0.6) is 0 Å². The molecule has 1 aromatic carbocycles. The van der Waals surface area contributed by atoms with Crippen LogP contribution in [-0.2, 0) is 10.0 Å². The molecule has 5 nitrogen and oxygen atoms in total. The van der Waals surface area contributed by atoms with Crippen LogP contribution in [0.4, 0.5) is 4.39 Å². The fraction of sp³-hybridized carbons (Fsp3) is 0.632. The highest BCUT2D eigenvalue weighted by molar-refractivity contribution is 7.89. The van der Waals surface area contributed by atoms with Crippen LogP contribution in [0.3, 0.4) is 0 Å². The molecule has 26 heavy (non-hydrogen) atoms. The van der Waals surface area contributed by atoms with Crippen molar-refractivity contribution in [1.29, 1.82) is 0 Å². The zero-order valence-electron chi connectivity index (χ0n) is 16.4. The minimum absolute atomic E-state index is 0.0692. The molecule has 148 valence electrons. The van der Waals surface area contributed by atoms with E-state index < -0.39 is 21.7 Å². The van der Waals surface area contributed by atoms with Gasteiger partial charge in [0.15, 0.2) is 0 Å². The molecule has 0 aliphatic carbocycles. The summed E-state index contributed by atoms with van der Waals surface area (Å²) in [6.45, 7) is 10.2. The highest BCUT2D eigenvalue weighted by Gasteiger charge is 2.24. The van der Waals surface area contributed by atoms with Crippen molar-refractivity contribution >= 4 is 15.9 Å². The van der Waals surface area contributed by atoms with Gasteiger partial charge in [0.2, 0.25) is 10.0 Å². The van der Waals surface area contributed by atoms with Gasteiger partial charge in [-0.3, -0.25) is 4.79 Å². The summed E-state index contributed by atoms with van der Waals surface area (Å²) in [5.41, 5.74) is -0.242. The molecule has 0 spiro atoms. The summed E-state index contributed by atoms with van der Waals surface area (Å²) >= 11 is 0. The number of hydrogen-bond donors (Lipinski definition) is 1. The maximum Gasteiger partial charge on any atom is 0.254 e. The molecule has 0 aliphatic heterocycles. The summed E-state index contributed by atoms with van der Waals surface area (Å²) in [6, 6.07) is 3.25. The molecule has 1 amide bonds. The molecule has 7 heteroatoms. The molecule has 0 heterocycles. The predicted molar refractivity (Wildman–Crippen MR) is 102 cm³/mol. The average molecular weight is 387 g/mol. The van der Waals surface area contributed by atoms with Gasteiger partial charge in [-0.2, -0.15) is 4.31 Å². The minimum atomic E-state index is -3.74. The third-order valence-corrected chi connectivity index (χ3v) is 6.37. The average Bonchev–Trinajstić information content (AvgIpc) is 2.55. The normalized spacial score (nSPS) is 13.2. The molecule has 1 atom stereocenters. The number of sulfonamides is 1. The molecule has 1 N–H and O–H groups in total. The van der Waals surface area contributed by atoms with E-state index in [1.54, 1.807) is 13.8 Å². The Hall–Kier alpha value is -1.47. The maximum atomic E-state index is 14.1. The summed E-state index contributed by atoms with van der Waals surface area (Å²) in [7, 11) is -3.74. The summed E-state index contributed by atoms with van der Waals surface area (Å²) < 4.78 is 40.5. The summed E-state index contributed by atoms with van der Waals surface area (Å²) in [6.07, 6.45) is 2.83. The van der Waals surface area contributed by atoms with Gasteiger partial charge in [-0.1, -0.05) is 40.5 Å². The van der Waals surface area contributed by atoms with Crippen LogP contribution >= 0.6 is 0 Å². The number of benzene rings is 1. The molecule has 1 rings (SSSR count). The number of nitrogens with zero attached hydrogens (tertiary/aromatic N) is 1. The van der Waals surface area contributed by atoms with Gasteiger partial charge in [-0.25, -0.2) is 12.8 Å². The second-order valence-corrected chi connectivity index (χ2v) is 8.87. The van der Waals surface area contributed by atoms with E-state index in [1.165, 1.54) is 10.4 Å². The summed E-state index contributed by atoms with van der Waals surface area (Å²) in [4.78, 5) is 12.3. The van der Waals surface area contributed by atoms with Crippen LogP contribution < -0.4 is 5.32 Å². The van der Waals surface area contributed by atoms with E-state index in [-0.39, 0.29) is 16.5 Å². The molecule has 1 aromatic rings. The van der Waals surface area contributed by atoms with Crippen LogP contribution in [0.25, 0.3) is 0 Å². The Labute approximate surface area is 157 Å². The third-order valence-electron chi connectivity index (χ3n) is 4.32. The molecule has 0 saturated heterocycles. The van der Waals surface area contributed by atoms with Gasteiger partial charge >= 0.3 is 0 Å². The lowest BCUT2D eigenvalue weighted by atomic mass is 10.0.